The molecule has 3 N–H and O–H groups in total. The molecule has 278 valence electrons. The Morgan fingerprint density at radius 1 is 1.00 bits per heavy atom. The van der Waals surface area contributed by atoms with E-state index in [1.54, 1.807) is 79.4 Å². The number of methoxy groups -OCH3 is 2. The van der Waals surface area contributed by atoms with Crippen LogP contribution in [0.25, 0.3) is 0 Å². The minimum Gasteiger partial charge on any atom is -0.497 e. The molecule has 1 heterocycles. The zero-order valence-electron chi connectivity index (χ0n) is 30.1. The molecule has 4 rings (SSSR count). The number of likely N-dealkylation sites (N-methyl/N-ethyl adjacent to an activating group) is 1. The van der Waals surface area contributed by atoms with Crippen molar-refractivity contribution in [3.8, 4) is 17.2 Å². The van der Waals surface area contributed by atoms with Gasteiger partial charge in [-0.2, -0.15) is 0 Å². The Balaban J connectivity index is 1.61. The first-order valence-corrected chi connectivity index (χ1v) is 18.5. The van der Waals surface area contributed by atoms with E-state index in [2.05, 4.69) is 10.0 Å². The van der Waals surface area contributed by atoms with E-state index in [9.17, 15) is 23.1 Å². The lowest BCUT2D eigenvalue weighted by atomic mass is 10.0. The molecule has 3 amide bonds. The van der Waals surface area contributed by atoms with Gasteiger partial charge in [-0.25, -0.2) is 13.2 Å². The number of nitrogens with zero attached hydrogens (tertiary/aromatic N) is 2. The fourth-order valence-corrected chi connectivity index (χ4v) is 6.71. The van der Waals surface area contributed by atoms with Crippen molar-refractivity contribution in [2.75, 3.05) is 57.6 Å². The predicted octanol–water partition coefficient (Wildman–Crippen LogP) is 5.46. The number of aliphatic hydroxyl groups is 1. The molecule has 0 aromatic heterocycles. The Morgan fingerprint density at radius 2 is 1.63 bits per heavy atom. The molecule has 14 heteroatoms. The van der Waals surface area contributed by atoms with Crippen molar-refractivity contribution in [3.05, 3.63) is 72.3 Å². The maximum Gasteiger partial charge on any atom is 0.321 e. The van der Waals surface area contributed by atoms with Gasteiger partial charge in [0.05, 0.1) is 49.5 Å². The van der Waals surface area contributed by atoms with Gasteiger partial charge < -0.3 is 39.2 Å². The molecule has 51 heavy (non-hydrogen) atoms. The highest BCUT2D eigenvalue weighted by molar-refractivity contribution is 7.92. The topological polar surface area (TPSA) is 156 Å². The summed E-state index contributed by atoms with van der Waals surface area (Å²) in [5.41, 5.74) is 0.933. The number of fused-ring (bicyclic) bond motifs is 1. The predicted molar refractivity (Wildman–Crippen MR) is 195 cm³/mol. The second kappa shape index (κ2) is 18.1. The summed E-state index contributed by atoms with van der Waals surface area (Å²) in [6, 6.07) is 16.7. The van der Waals surface area contributed by atoms with Crippen LogP contribution >= 0.6 is 0 Å². The Bertz CT molecular complexity index is 1700. The number of urea groups is 1. The van der Waals surface area contributed by atoms with Gasteiger partial charge >= 0.3 is 6.03 Å². The zero-order chi connectivity index (χ0) is 37.1. The lowest BCUT2D eigenvalue weighted by Gasteiger charge is -2.35. The van der Waals surface area contributed by atoms with Gasteiger partial charge in [0.15, 0.2) is 0 Å². The molecule has 4 atom stereocenters. The van der Waals surface area contributed by atoms with Gasteiger partial charge in [0.1, 0.15) is 17.2 Å². The van der Waals surface area contributed by atoms with Crippen molar-refractivity contribution in [3.63, 3.8) is 0 Å². The average Bonchev–Trinajstić information content (AvgIpc) is 3.12. The highest BCUT2D eigenvalue weighted by Gasteiger charge is 2.31. The number of carbonyl (C=O) groups excluding carboxylic acids is 2. The number of hydrogen-bond acceptors (Lipinski definition) is 9. The molecule has 3 aromatic rings. The van der Waals surface area contributed by atoms with Crippen LogP contribution in [0.4, 0.5) is 16.2 Å². The number of rotatable bonds is 10. The fourth-order valence-electron chi connectivity index (χ4n) is 5.66. The van der Waals surface area contributed by atoms with Crippen LogP contribution in [-0.2, 0) is 14.8 Å². The lowest BCUT2D eigenvalue weighted by molar-refractivity contribution is -0.0115. The van der Waals surface area contributed by atoms with E-state index in [4.69, 9.17) is 18.9 Å². The highest BCUT2D eigenvalue weighted by atomic mass is 32.2. The average molecular weight is 727 g/mol. The molecule has 1 aliphatic rings. The summed E-state index contributed by atoms with van der Waals surface area (Å²) in [6.45, 7) is 6.14. The first kappa shape index (κ1) is 39.3. The van der Waals surface area contributed by atoms with Gasteiger partial charge in [0.25, 0.3) is 15.9 Å². The lowest BCUT2D eigenvalue weighted by Crippen LogP contribution is -2.48. The minimum atomic E-state index is -4.01. The first-order chi connectivity index (χ1) is 24.3. The number of ether oxygens (including phenoxy) is 4. The molecule has 1 aliphatic heterocycles. The van der Waals surface area contributed by atoms with E-state index in [1.165, 1.54) is 25.3 Å². The number of aliphatic hydroxyl groups excluding tert-OH is 1. The van der Waals surface area contributed by atoms with Crippen molar-refractivity contribution in [2.45, 2.75) is 63.2 Å². The van der Waals surface area contributed by atoms with Crippen LogP contribution in [0, 0.1) is 5.92 Å². The highest BCUT2D eigenvalue weighted by Crippen LogP contribution is 2.30. The summed E-state index contributed by atoms with van der Waals surface area (Å²) < 4.78 is 52.1. The van der Waals surface area contributed by atoms with E-state index in [1.807, 2.05) is 13.8 Å². The van der Waals surface area contributed by atoms with Crippen LogP contribution in [0.2, 0.25) is 0 Å². The van der Waals surface area contributed by atoms with Crippen LogP contribution in [-0.4, -0.2) is 101 Å². The van der Waals surface area contributed by atoms with Gasteiger partial charge in [0.2, 0.25) is 0 Å². The molecule has 0 aliphatic carbocycles. The summed E-state index contributed by atoms with van der Waals surface area (Å²) in [5, 5.41) is 13.1. The van der Waals surface area contributed by atoms with Crippen LogP contribution in [0.5, 0.6) is 17.2 Å². The number of nitrogens with one attached hydrogen (secondary N) is 2. The summed E-state index contributed by atoms with van der Waals surface area (Å²) in [4.78, 5) is 30.7. The minimum absolute atomic E-state index is 0.0256. The third-order valence-corrected chi connectivity index (χ3v) is 10.2. The van der Waals surface area contributed by atoms with Gasteiger partial charge in [-0.1, -0.05) is 6.92 Å². The van der Waals surface area contributed by atoms with Gasteiger partial charge in [0, 0.05) is 44.0 Å². The molecule has 0 saturated carbocycles. The van der Waals surface area contributed by atoms with Crippen LogP contribution in [0.1, 0.15) is 50.4 Å². The van der Waals surface area contributed by atoms with Crippen LogP contribution < -0.4 is 24.2 Å². The molecular weight excluding hydrogens is 676 g/mol. The Hall–Kier alpha value is -4.53. The van der Waals surface area contributed by atoms with Crippen molar-refractivity contribution in [1.82, 2.24) is 9.80 Å². The zero-order valence-corrected chi connectivity index (χ0v) is 30.9. The normalized spacial score (nSPS) is 19.5. The Labute approximate surface area is 300 Å². The molecule has 0 bridgehead atoms. The SMILES string of the molecule is COc1ccc(NC(=O)N(C)C[C@H]2OCCCC[C@@H](C)Oc3ccc(NS(=O)(=O)c4ccc(OC)cc4)cc3C(=O)N([C@@H](C)CO)C[C@@H]2C)cc1. The number of hydrogen-bond donors (Lipinski definition) is 3. The number of sulfonamides is 1. The van der Waals surface area contributed by atoms with Crippen LogP contribution in [0.3, 0.4) is 0 Å². The van der Waals surface area contributed by atoms with Crippen molar-refractivity contribution in [2.24, 2.45) is 5.92 Å². The second-order valence-corrected chi connectivity index (χ2v) is 14.5. The number of amides is 3. The van der Waals surface area contributed by atoms with Gasteiger partial charge in [-0.05, 0) is 99.8 Å². The van der Waals surface area contributed by atoms with Crippen molar-refractivity contribution < 1.29 is 42.1 Å². The standard InChI is InChI=1S/C37H50N4O9S/c1-25-22-41(26(2)24-42)36(43)33-21-29(39-51(45,46)32-17-15-31(48-6)16-18-32)12-19-34(33)50-27(3)9-7-8-20-49-35(25)23-40(4)37(44)38-28-10-13-30(47-5)14-11-28/h10-19,21,25-27,35,39,42H,7-9,20,22-24H2,1-6H3,(H,38,44)/t25-,26-,27+,35+/m0/s1. The van der Waals surface area contributed by atoms with E-state index in [-0.39, 0.29) is 53.9 Å². The smallest absolute Gasteiger partial charge is 0.321 e. The molecule has 0 fully saturated rings. The molecule has 0 radical (unpaired) electrons. The van der Waals surface area contributed by atoms with E-state index >= 15 is 0 Å². The first-order valence-electron chi connectivity index (χ1n) is 17.0. The largest absolute Gasteiger partial charge is 0.497 e. The fraction of sp³-hybridized carbons (Fsp3) is 0.459. The quantitative estimate of drug-likeness (QED) is 0.247. The summed E-state index contributed by atoms with van der Waals surface area (Å²) in [6.07, 6.45) is 1.54. The van der Waals surface area contributed by atoms with E-state index in [0.717, 1.165) is 12.8 Å². The molecular formula is C37H50N4O9S. The summed E-state index contributed by atoms with van der Waals surface area (Å²) in [7, 11) is 0.746. The maximum absolute atomic E-state index is 14.4. The van der Waals surface area contributed by atoms with E-state index in [0.29, 0.717) is 36.0 Å². The van der Waals surface area contributed by atoms with Crippen molar-refractivity contribution >= 4 is 33.3 Å². The molecule has 13 nitrogen and oxygen atoms in total. The monoisotopic (exact) mass is 726 g/mol. The second-order valence-electron chi connectivity index (χ2n) is 12.8. The van der Waals surface area contributed by atoms with Gasteiger partial charge in [-0.15, -0.1) is 0 Å². The molecule has 0 unspecified atom stereocenters. The Kier molecular flexibility index (Phi) is 13.9. The number of anilines is 2. The van der Waals surface area contributed by atoms with Crippen molar-refractivity contribution in [1.29, 1.82) is 0 Å². The summed E-state index contributed by atoms with van der Waals surface area (Å²) >= 11 is 0. The molecule has 0 spiro atoms. The third kappa shape index (κ3) is 10.7. The van der Waals surface area contributed by atoms with Gasteiger partial charge in [-0.3, -0.25) is 9.52 Å². The number of benzene rings is 3. The molecule has 3 aromatic carbocycles. The van der Waals surface area contributed by atoms with E-state index < -0.39 is 28.1 Å². The molecule has 0 saturated heterocycles. The summed E-state index contributed by atoms with van der Waals surface area (Å²) in [5.74, 6) is 0.775. The third-order valence-electron chi connectivity index (χ3n) is 8.82. The maximum atomic E-state index is 14.4. The van der Waals surface area contributed by atoms with Crippen LogP contribution in [0.15, 0.2) is 71.6 Å². The Morgan fingerprint density at radius 3 is 2.25 bits per heavy atom. The number of carbonyl (C=O) groups is 2.